The van der Waals surface area contributed by atoms with Crippen molar-refractivity contribution in [2.24, 2.45) is 0 Å². The van der Waals surface area contributed by atoms with Gasteiger partial charge in [-0.2, -0.15) is 0 Å². The highest BCUT2D eigenvalue weighted by molar-refractivity contribution is 5.26. The van der Waals surface area contributed by atoms with E-state index in [9.17, 15) is 4.79 Å². The Morgan fingerprint density at radius 2 is 2.14 bits per heavy atom. The van der Waals surface area contributed by atoms with Crippen LogP contribution in [0.1, 0.15) is 43.3 Å². The molecule has 2 aliphatic carbocycles. The predicted molar refractivity (Wildman–Crippen MR) is 53.5 cm³/mol. The molecule has 1 N–H and O–H groups in total. The van der Waals surface area contributed by atoms with E-state index in [4.69, 9.17) is 0 Å². The van der Waals surface area contributed by atoms with Gasteiger partial charge in [0.2, 0.25) is 0 Å². The summed E-state index contributed by atoms with van der Waals surface area (Å²) in [5.41, 5.74) is 2.27. The highest BCUT2D eigenvalue weighted by Crippen LogP contribution is 2.45. The Morgan fingerprint density at radius 1 is 1.36 bits per heavy atom. The van der Waals surface area contributed by atoms with E-state index < -0.39 is 0 Å². The molecule has 0 amide bonds. The molecule has 0 radical (unpaired) electrons. The molecule has 1 fully saturated rings. The minimum Gasteiger partial charge on any atom is -0.310 e. The van der Waals surface area contributed by atoms with Crippen LogP contribution in [0.15, 0.2) is 4.79 Å². The Morgan fingerprint density at radius 3 is 2.86 bits per heavy atom. The van der Waals surface area contributed by atoms with Gasteiger partial charge < -0.3 is 4.98 Å². The molecule has 3 nitrogen and oxygen atoms in total. The quantitative estimate of drug-likeness (QED) is 0.725. The van der Waals surface area contributed by atoms with Gasteiger partial charge in [0.15, 0.2) is 0 Å². The molecule has 74 valence electrons. The monoisotopic (exact) mass is 190 g/mol. The smallest absolute Gasteiger partial charge is 0.254 e. The minimum atomic E-state index is 0.107. The number of aromatic nitrogens is 2. The van der Waals surface area contributed by atoms with E-state index in [-0.39, 0.29) is 11.0 Å². The molecule has 2 aliphatic rings. The largest absolute Gasteiger partial charge is 0.310 e. The van der Waals surface area contributed by atoms with Crippen LogP contribution in [0.2, 0.25) is 0 Å². The Labute approximate surface area is 82.6 Å². The van der Waals surface area contributed by atoms with Gasteiger partial charge in [-0.25, -0.2) is 4.98 Å². The third-order valence-electron chi connectivity index (χ3n) is 3.51. The SMILES string of the molecule is CC1(c2nc3c(c(=O)[nH]2)CCC3)CC1. The maximum atomic E-state index is 11.7. The zero-order valence-corrected chi connectivity index (χ0v) is 8.39. The topological polar surface area (TPSA) is 45.8 Å². The van der Waals surface area contributed by atoms with E-state index in [0.29, 0.717) is 0 Å². The summed E-state index contributed by atoms with van der Waals surface area (Å²) in [6.45, 7) is 2.17. The summed E-state index contributed by atoms with van der Waals surface area (Å²) in [6.07, 6.45) is 5.31. The average Bonchev–Trinajstić information content (AvgIpc) is 2.75. The number of hydrogen-bond donors (Lipinski definition) is 1. The molecule has 1 aromatic heterocycles. The van der Waals surface area contributed by atoms with Gasteiger partial charge in [-0.1, -0.05) is 6.92 Å². The van der Waals surface area contributed by atoms with Gasteiger partial charge in [0, 0.05) is 11.0 Å². The Bertz CT molecular complexity index is 443. The molecule has 1 heterocycles. The van der Waals surface area contributed by atoms with E-state index in [1.165, 1.54) is 0 Å². The van der Waals surface area contributed by atoms with Crippen molar-refractivity contribution in [3.8, 4) is 0 Å². The first-order valence-electron chi connectivity index (χ1n) is 5.32. The van der Waals surface area contributed by atoms with Gasteiger partial charge in [-0.15, -0.1) is 0 Å². The second-order valence-electron chi connectivity index (χ2n) is 4.75. The molecule has 1 saturated carbocycles. The standard InChI is InChI=1S/C11H14N2O/c1-11(5-6-11)10-12-8-4-2-3-7(8)9(14)13-10/h2-6H2,1H3,(H,12,13,14). The molecular formula is C11H14N2O. The molecule has 0 bridgehead atoms. The van der Waals surface area contributed by atoms with E-state index in [0.717, 1.165) is 49.2 Å². The Balaban J connectivity index is 2.17. The van der Waals surface area contributed by atoms with Crippen LogP contribution in [-0.2, 0) is 18.3 Å². The number of nitrogens with one attached hydrogen (secondary N) is 1. The predicted octanol–water partition coefficient (Wildman–Crippen LogP) is 1.31. The van der Waals surface area contributed by atoms with Crippen molar-refractivity contribution in [1.29, 1.82) is 0 Å². The first kappa shape index (κ1) is 8.21. The van der Waals surface area contributed by atoms with Crippen LogP contribution in [0.25, 0.3) is 0 Å². The first-order valence-corrected chi connectivity index (χ1v) is 5.32. The normalized spacial score (nSPS) is 22.1. The van der Waals surface area contributed by atoms with Crippen LogP contribution >= 0.6 is 0 Å². The van der Waals surface area contributed by atoms with Gasteiger partial charge in [-0.3, -0.25) is 4.79 Å². The van der Waals surface area contributed by atoms with Crippen molar-refractivity contribution in [2.45, 2.75) is 44.4 Å². The second-order valence-corrected chi connectivity index (χ2v) is 4.75. The fourth-order valence-corrected chi connectivity index (χ4v) is 2.15. The lowest BCUT2D eigenvalue weighted by molar-refractivity contribution is 0.692. The van der Waals surface area contributed by atoms with Crippen molar-refractivity contribution in [3.05, 3.63) is 27.4 Å². The molecule has 0 aliphatic heterocycles. The van der Waals surface area contributed by atoms with Crippen molar-refractivity contribution in [2.75, 3.05) is 0 Å². The summed E-state index contributed by atoms with van der Waals surface area (Å²) in [7, 11) is 0. The molecule has 0 atom stereocenters. The summed E-state index contributed by atoms with van der Waals surface area (Å²) < 4.78 is 0. The minimum absolute atomic E-state index is 0.107. The van der Waals surface area contributed by atoms with Crippen molar-refractivity contribution in [3.63, 3.8) is 0 Å². The average molecular weight is 190 g/mol. The van der Waals surface area contributed by atoms with Crippen LogP contribution in [0.4, 0.5) is 0 Å². The lowest BCUT2D eigenvalue weighted by Gasteiger charge is -2.08. The maximum absolute atomic E-state index is 11.7. The molecule has 3 rings (SSSR count). The highest BCUT2D eigenvalue weighted by atomic mass is 16.1. The van der Waals surface area contributed by atoms with Crippen molar-refractivity contribution < 1.29 is 0 Å². The third kappa shape index (κ3) is 1.04. The van der Waals surface area contributed by atoms with Crippen molar-refractivity contribution >= 4 is 0 Å². The van der Waals surface area contributed by atoms with Crippen LogP contribution in [0.3, 0.4) is 0 Å². The zero-order chi connectivity index (χ0) is 9.76. The summed E-state index contributed by atoms with van der Waals surface area (Å²) in [5, 5.41) is 0. The fraction of sp³-hybridized carbons (Fsp3) is 0.636. The van der Waals surface area contributed by atoms with Gasteiger partial charge in [0.05, 0.1) is 5.69 Å². The summed E-state index contributed by atoms with van der Waals surface area (Å²) in [6, 6.07) is 0. The molecule has 14 heavy (non-hydrogen) atoms. The number of H-pyrrole nitrogens is 1. The van der Waals surface area contributed by atoms with Gasteiger partial charge >= 0.3 is 0 Å². The first-order chi connectivity index (χ1) is 6.69. The van der Waals surface area contributed by atoms with E-state index in [2.05, 4.69) is 16.9 Å². The molecule has 3 heteroatoms. The van der Waals surface area contributed by atoms with Crippen LogP contribution < -0.4 is 5.56 Å². The number of nitrogens with zero attached hydrogens (tertiary/aromatic N) is 1. The zero-order valence-electron chi connectivity index (χ0n) is 8.39. The van der Waals surface area contributed by atoms with E-state index in [1.54, 1.807) is 0 Å². The molecular weight excluding hydrogens is 176 g/mol. The molecule has 0 unspecified atom stereocenters. The third-order valence-corrected chi connectivity index (χ3v) is 3.51. The summed E-state index contributed by atoms with van der Waals surface area (Å²) in [5.74, 6) is 0.920. The Hall–Kier alpha value is -1.12. The lowest BCUT2D eigenvalue weighted by Crippen LogP contribution is -2.20. The lowest BCUT2D eigenvalue weighted by atomic mass is 10.1. The maximum Gasteiger partial charge on any atom is 0.254 e. The summed E-state index contributed by atoms with van der Waals surface area (Å²) >= 11 is 0. The van der Waals surface area contributed by atoms with E-state index in [1.807, 2.05) is 0 Å². The Kier molecular flexibility index (Phi) is 1.45. The summed E-state index contributed by atoms with van der Waals surface area (Å²) in [4.78, 5) is 19.2. The fourth-order valence-electron chi connectivity index (χ4n) is 2.15. The highest BCUT2D eigenvalue weighted by Gasteiger charge is 2.42. The molecule has 0 aromatic carbocycles. The van der Waals surface area contributed by atoms with Gasteiger partial charge in [0.1, 0.15) is 5.82 Å². The second kappa shape index (κ2) is 2.47. The van der Waals surface area contributed by atoms with Gasteiger partial charge in [0.25, 0.3) is 5.56 Å². The number of aryl methyl sites for hydroxylation is 1. The number of fused-ring (bicyclic) bond motifs is 1. The number of rotatable bonds is 1. The van der Waals surface area contributed by atoms with Crippen molar-refractivity contribution in [1.82, 2.24) is 9.97 Å². The van der Waals surface area contributed by atoms with E-state index >= 15 is 0 Å². The van der Waals surface area contributed by atoms with Crippen LogP contribution in [0.5, 0.6) is 0 Å². The molecule has 1 aromatic rings. The number of aromatic amines is 1. The number of hydrogen-bond acceptors (Lipinski definition) is 2. The molecule has 0 saturated heterocycles. The molecule has 0 spiro atoms. The van der Waals surface area contributed by atoms with Crippen LogP contribution in [-0.4, -0.2) is 9.97 Å². The van der Waals surface area contributed by atoms with Crippen LogP contribution in [0, 0.1) is 0 Å². The van der Waals surface area contributed by atoms with Gasteiger partial charge in [-0.05, 0) is 32.1 Å².